The summed E-state index contributed by atoms with van der Waals surface area (Å²) in [7, 11) is 2.96. The third-order valence-electron chi connectivity index (χ3n) is 4.03. The summed E-state index contributed by atoms with van der Waals surface area (Å²) in [5.41, 5.74) is 1.25. The maximum Gasteiger partial charge on any atom is 0.433 e. The lowest BCUT2D eigenvalue weighted by Crippen LogP contribution is -2.35. The van der Waals surface area contributed by atoms with Crippen molar-refractivity contribution in [1.29, 1.82) is 0 Å². The van der Waals surface area contributed by atoms with Gasteiger partial charge in [0.25, 0.3) is 0 Å². The lowest BCUT2D eigenvalue weighted by atomic mass is 10.2. The molecule has 0 spiro atoms. The van der Waals surface area contributed by atoms with Crippen molar-refractivity contribution >= 4 is 22.2 Å². The summed E-state index contributed by atoms with van der Waals surface area (Å²) in [4.78, 5) is 11.3. The molecule has 1 unspecified atom stereocenters. The van der Waals surface area contributed by atoms with Gasteiger partial charge in [-0.25, -0.2) is 0 Å². The number of ether oxygens (including phenoxy) is 4. The van der Waals surface area contributed by atoms with Gasteiger partial charge in [-0.3, -0.25) is 9.97 Å². The molecule has 4 rings (SSSR count). The molecule has 0 aliphatic carbocycles. The first-order valence-electron chi connectivity index (χ1n) is 8.08. The van der Waals surface area contributed by atoms with E-state index in [1.54, 1.807) is 6.07 Å². The Kier molecular flexibility index (Phi) is 4.63. The second-order valence-electron chi connectivity index (χ2n) is 5.87. The molecule has 1 atom stereocenters. The molecule has 1 aromatic carbocycles. The fourth-order valence-corrected chi connectivity index (χ4v) is 3.81. The van der Waals surface area contributed by atoms with Gasteiger partial charge in [0.05, 0.1) is 25.3 Å². The van der Waals surface area contributed by atoms with E-state index >= 15 is 0 Å². The molecule has 11 heteroatoms. The number of benzene rings is 1. The van der Waals surface area contributed by atoms with Gasteiger partial charge in [0.1, 0.15) is 5.69 Å². The number of hydrogen-bond acceptors (Lipinski definition) is 7. The summed E-state index contributed by atoms with van der Waals surface area (Å²) < 4.78 is 59.6. The van der Waals surface area contributed by atoms with Gasteiger partial charge in [0.2, 0.25) is 0 Å². The summed E-state index contributed by atoms with van der Waals surface area (Å²) >= 11 is -1.60. The quantitative estimate of drug-likeness (QED) is 0.644. The van der Waals surface area contributed by atoms with Gasteiger partial charge in [-0.1, -0.05) is 0 Å². The normalized spacial score (nSPS) is 16.0. The van der Waals surface area contributed by atoms with Crippen LogP contribution in [0.25, 0.3) is 11.0 Å². The van der Waals surface area contributed by atoms with Crippen LogP contribution in [0, 0.1) is 0 Å². The molecule has 148 valence electrons. The zero-order valence-electron chi connectivity index (χ0n) is 14.8. The second-order valence-corrected chi connectivity index (χ2v) is 7.24. The Morgan fingerprint density at radius 3 is 2.86 bits per heavy atom. The van der Waals surface area contributed by atoms with Crippen LogP contribution in [0.1, 0.15) is 5.69 Å². The van der Waals surface area contributed by atoms with E-state index in [9.17, 15) is 13.3 Å². The average molecular weight is 411 g/mol. The fourth-order valence-electron chi connectivity index (χ4n) is 2.79. The predicted molar refractivity (Wildman–Crippen MR) is 94.6 cm³/mol. The minimum Gasteiger partial charge on any atom is -0.609 e. The highest BCUT2D eigenvalue weighted by molar-refractivity contribution is 7.90. The van der Waals surface area contributed by atoms with E-state index in [0.717, 1.165) is 0 Å². The number of pyridine rings is 1. The van der Waals surface area contributed by atoms with Crippen molar-refractivity contribution < 1.29 is 32.3 Å². The number of imidazole rings is 1. The van der Waals surface area contributed by atoms with Crippen molar-refractivity contribution in [2.75, 3.05) is 20.8 Å². The van der Waals surface area contributed by atoms with E-state index in [0.29, 0.717) is 28.2 Å². The Labute approximate surface area is 161 Å². The van der Waals surface area contributed by atoms with E-state index in [2.05, 4.69) is 19.7 Å². The third kappa shape index (κ3) is 3.38. The van der Waals surface area contributed by atoms with Crippen LogP contribution >= 0.6 is 0 Å². The number of H-pyrrole nitrogens is 1. The van der Waals surface area contributed by atoms with E-state index in [4.69, 9.17) is 14.2 Å². The maximum atomic E-state index is 13.3. The highest BCUT2D eigenvalue weighted by atomic mass is 32.2. The monoisotopic (exact) mass is 411 g/mol. The van der Waals surface area contributed by atoms with Crippen LogP contribution in [0.4, 0.5) is 8.78 Å². The van der Waals surface area contributed by atoms with E-state index in [-0.39, 0.29) is 22.4 Å². The van der Waals surface area contributed by atoms with Gasteiger partial charge < -0.3 is 23.5 Å². The van der Waals surface area contributed by atoms with Gasteiger partial charge in [0.15, 0.2) is 35.4 Å². The summed E-state index contributed by atoms with van der Waals surface area (Å²) in [6, 6.07) is 4.43. The molecule has 0 fully saturated rings. The zero-order chi connectivity index (χ0) is 19.9. The SMILES string of the molecule is COc1ccnc(C[S+]([O-])c2nc3cc4c(cc3[nH]2)OCC(F)(F)O4)c1OC. The highest BCUT2D eigenvalue weighted by Crippen LogP contribution is 2.39. The first-order chi connectivity index (χ1) is 13.4. The molecule has 0 saturated heterocycles. The van der Waals surface area contributed by atoms with Gasteiger partial charge in [-0.05, 0) is 0 Å². The topological polar surface area (TPSA) is 102 Å². The van der Waals surface area contributed by atoms with Crippen LogP contribution in [0.3, 0.4) is 0 Å². The van der Waals surface area contributed by atoms with Gasteiger partial charge in [-0.2, -0.15) is 13.8 Å². The molecule has 3 heterocycles. The number of nitrogens with one attached hydrogen (secondary N) is 1. The number of rotatable bonds is 5. The van der Waals surface area contributed by atoms with Crippen LogP contribution in [-0.2, 0) is 16.9 Å². The minimum atomic E-state index is -3.41. The van der Waals surface area contributed by atoms with Crippen molar-refractivity contribution in [3.63, 3.8) is 0 Å². The zero-order valence-corrected chi connectivity index (χ0v) is 15.6. The van der Waals surface area contributed by atoms with Crippen molar-refractivity contribution in [3.05, 3.63) is 30.1 Å². The number of halogens is 2. The maximum absolute atomic E-state index is 13.3. The molecule has 0 radical (unpaired) electrons. The number of fused-ring (bicyclic) bond motifs is 2. The van der Waals surface area contributed by atoms with E-state index in [1.807, 2.05) is 0 Å². The Morgan fingerprint density at radius 2 is 2.11 bits per heavy atom. The molecule has 0 saturated carbocycles. The molecular formula is C17H15F2N3O5S. The predicted octanol–water partition coefficient (Wildman–Crippen LogP) is 2.65. The summed E-state index contributed by atoms with van der Waals surface area (Å²) in [6.07, 6.45) is -1.88. The first-order valence-corrected chi connectivity index (χ1v) is 9.39. The number of hydrogen-bond donors (Lipinski definition) is 1. The highest BCUT2D eigenvalue weighted by Gasteiger charge is 2.38. The standard InChI is InChI=1S/C17H15F2N3O5S/c1-24-12-3-4-20-11(15(12)25-2)7-28(23)16-21-9-5-13-14(6-10(9)22-16)27-17(18,19)8-26-13/h3-6H,7-8H2,1-2H3,(H,21,22). The second kappa shape index (κ2) is 6.99. The largest absolute Gasteiger partial charge is 0.609 e. The van der Waals surface area contributed by atoms with Crippen LogP contribution in [0.15, 0.2) is 29.6 Å². The van der Waals surface area contributed by atoms with E-state index in [1.165, 1.54) is 32.5 Å². The van der Waals surface area contributed by atoms with E-state index < -0.39 is 23.9 Å². The summed E-state index contributed by atoms with van der Waals surface area (Å²) in [5, 5.41) is 0.163. The lowest BCUT2D eigenvalue weighted by Gasteiger charge is -2.25. The number of aromatic amines is 1. The van der Waals surface area contributed by atoms with Gasteiger partial charge >= 0.3 is 11.3 Å². The molecule has 0 bridgehead atoms. The smallest absolute Gasteiger partial charge is 0.433 e. The van der Waals surface area contributed by atoms with Crippen LogP contribution in [0.2, 0.25) is 0 Å². The van der Waals surface area contributed by atoms with Crippen LogP contribution in [0.5, 0.6) is 23.0 Å². The molecule has 8 nitrogen and oxygen atoms in total. The molecule has 2 aromatic heterocycles. The Balaban J connectivity index is 1.63. The van der Waals surface area contributed by atoms with Crippen LogP contribution in [-0.4, -0.2) is 46.4 Å². The third-order valence-corrected chi connectivity index (χ3v) is 5.19. The Bertz CT molecular complexity index is 1030. The Morgan fingerprint density at radius 1 is 1.29 bits per heavy atom. The molecular weight excluding hydrogens is 396 g/mol. The first kappa shape index (κ1) is 18.6. The Hall–Kier alpha value is -2.79. The van der Waals surface area contributed by atoms with Crippen molar-refractivity contribution in [2.24, 2.45) is 0 Å². The van der Waals surface area contributed by atoms with Crippen molar-refractivity contribution in [1.82, 2.24) is 15.0 Å². The fraction of sp³-hybridized carbons (Fsp3) is 0.294. The molecule has 1 aliphatic heterocycles. The van der Waals surface area contributed by atoms with Gasteiger partial charge in [0, 0.05) is 35.6 Å². The number of methoxy groups -OCH3 is 2. The number of aromatic nitrogens is 3. The molecule has 1 N–H and O–H groups in total. The van der Waals surface area contributed by atoms with Crippen molar-refractivity contribution in [2.45, 2.75) is 17.0 Å². The number of alkyl halides is 2. The molecule has 0 amide bonds. The van der Waals surface area contributed by atoms with Crippen LogP contribution < -0.4 is 18.9 Å². The molecule has 28 heavy (non-hydrogen) atoms. The molecule has 1 aliphatic rings. The molecule has 3 aromatic rings. The lowest BCUT2D eigenvalue weighted by molar-refractivity contribution is -0.208. The van der Waals surface area contributed by atoms with Crippen molar-refractivity contribution in [3.8, 4) is 23.0 Å². The summed E-state index contributed by atoms with van der Waals surface area (Å²) in [5.74, 6) is 0.913. The minimum absolute atomic E-state index is 0.0188. The average Bonchev–Trinajstić information content (AvgIpc) is 3.08. The summed E-state index contributed by atoms with van der Waals surface area (Å²) in [6.45, 7) is -0.875. The van der Waals surface area contributed by atoms with Gasteiger partial charge in [-0.15, -0.1) is 0 Å². The number of nitrogens with zero attached hydrogens (tertiary/aromatic N) is 2.